The Kier molecular flexibility index (Phi) is 5.03. The van der Waals surface area contributed by atoms with Crippen LogP contribution in [0.3, 0.4) is 0 Å². The summed E-state index contributed by atoms with van der Waals surface area (Å²) in [4.78, 5) is 23.5. The third-order valence-corrected chi connectivity index (χ3v) is 5.85. The van der Waals surface area contributed by atoms with Gasteiger partial charge in [-0.2, -0.15) is 13.2 Å². The molecule has 1 atom stereocenters. The third kappa shape index (κ3) is 4.02. The summed E-state index contributed by atoms with van der Waals surface area (Å²) < 4.78 is 40.9. The molecule has 0 saturated heterocycles. The Morgan fingerprint density at radius 1 is 1.18 bits per heavy atom. The zero-order valence-electron chi connectivity index (χ0n) is 17.7. The van der Waals surface area contributed by atoms with E-state index in [1.165, 1.54) is 12.1 Å². The number of amides is 1. The number of imidazole rings is 1. The molecule has 0 spiro atoms. The van der Waals surface area contributed by atoms with E-state index in [1.807, 2.05) is 22.9 Å². The van der Waals surface area contributed by atoms with Crippen LogP contribution < -0.4 is 10.2 Å². The molecule has 6 nitrogen and oxygen atoms in total. The predicted octanol–water partition coefficient (Wildman–Crippen LogP) is 5.12. The number of nitrogens with one attached hydrogen (secondary N) is 1. The number of anilines is 2. The van der Waals surface area contributed by atoms with Crippen molar-refractivity contribution in [3.05, 3.63) is 89.6 Å². The van der Waals surface area contributed by atoms with Crippen molar-refractivity contribution in [2.24, 2.45) is 0 Å². The minimum absolute atomic E-state index is 0.0971. The Balaban J connectivity index is 1.40. The van der Waals surface area contributed by atoms with Crippen LogP contribution in [0, 0.1) is 0 Å². The van der Waals surface area contributed by atoms with Crippen molar-refractivity contribution in [1.82, 2.24) is 14.4 Å². The summed E-state index contributed by atoms with van der Waals surface area (Å²) in [7, 11) is 0. The number of halogens is 3. The van der Waals surface area contributed by atoms with Crippen LogP contribution in [0.5, 0.6) is 0 Å². The number of carbonyl (C=O) groups excluding carboxylic acids is 1. The van der Waals surface area contributed by atoms with Gasteiger partial charge in [0.25, 0.3) is 5.91 Å². The summed E-state index contributed by atoms with van der Waals surface area (Å²) in [6, 6.07) is 10.0. The van der Waals surface area contributed by atoms with Gasteiger partial charge in [0.15, 0.2) is 5.65 Å². The van der Waals surface area contributed by atoms with Crippen molar-refractivity contribution in [2.45, 2.75) is 25.6 Å². The minimum atomic E-state index is -4.47. The molecule has 1 aliphatic rings. The SMILES string of the molecule is CC1CN(Cc2cnc3cnccn23)c2cc(C(=O)Nc3cccc(C(F)(F)F)c3)ccc21. The van der Waals surface area contributed by atoms with Crippen LogP contribution in [0.2, 0.25) is 0 Å². The molecule has 1 amide bonds. The van der Waals surface area contributed by atoms with Gasteiger partial charge in [0.2, 0.25) is 0 Å². The number of aromatic nitrogens is 3. The van der Waals surface area contributed by atoms with E-state index in [4.69, 9.17) is 0 Å². The van der Waals surface area contributed by atoms with Gasteiger partial charge >= 0.3 is 6.18 Å². The van der Waals surface area contributed by atoms with Gasteiger partial charge in [-0.15, -0.1) is 0 Å². The first-order chi connectivity index (χ1) is 15.8. The Bertz CT molecular complexity index is 1350. The first-order valence-electron chi connectivity index (χ1n) is 10.4. The summed E-state index contributed by atoms with van der Waals surface area (Å²) in [6.07, 6.45) is 2.59. The standard InChI is InChI=1S/C24H20F3N5O/c1-15-13-31(14-19-11-29-22-12-28-7-8-32(19)22)21-9-16(5-6-20(15)21)23(33)30-18-4-2-3-17(10-18)24(25,26)27/h2-12,15H,13-14H2,1H3,(H,30,33). The van der Waals surface area contributed by atoms with Crippen LogP contribution in [0.15, 0.2) is 67.3 Å². The molecule has 2 aromatic heterocycles. The number of nitrogens with zero attached hydrogens (tertiary/aromatic N) is 4. The topological polar surface area (TPSA) is 62.5 Å². The molecule has 1 unspecified atom stereocenters. The highest BCUT2D eigenvalue weighted by molar-refractivity contribution is 6.05. The molecule has 5 rings (SSSR count). The molecule has 0 fully saturated rings. The lowest BCUT2D eigenvalue weighted by Crippen LogP contribution is -2.22. The van der Waals surface area contributed by atoms with Gasteiger partial charge in [0.05, 0.1) is 30.2 Å². The van der Waals surface area contributed by atoms with Gasteiger partial charge < -0.3 is 10.2 Å². The van der Waals surface area contributed by atoms with E-state index >= 15 is 0 Å². The van der Waals surface area contributed by atoms with Gasteiger partial charge in [-0.05, 0) is 35.9 Å². The van der Waals surface area contributed by atoms with Crippen LogP contribution >= 0.6 is 0 Å². The maximum absolute atomic E-state index is 13.0. The molecular formula is C24H20F3N5O. The van der Waals surface area contributed by atoms with Crippen LogP contribution in [-0.2, 0) is 12.7 Å². The summed E-state index contributed by atoms with van der Waals surface area (Å²) >= 11 is 0. The summed E-state index contributed by atoms with van der Waals surface area (Å²) in [5.74, 6) is -0.182. The van der Waals surface area contributed by atoms with Crippen LogP contribution in [0.25, 0.3) is 5.65 Å². The fourth-order valence-corrected chi connectivity index (χ4v) is 4.24. The number of hydrogen-bond donors (Lipinski definition) is 1. The number of rotatable bonds is 4. The molecule has 0 radical (unpaired) electrons. The molecule has 0 bridgehead atoms. The van der Waals surface area contributed by atoms with E-state index in [0.29, 0.717) is 12.1 Å². The Labute approximate surface area is 187 Å². The Morgan fingerprint density at radius 2 is 2.03 bits per heavy atom. The number of hydrogen-bond acceptors (Lipinski definition) is 4. The molecule has 1 N–H and O–H groups in total. The Morgan fingerprint density at radius 3 is 2.85 bits per heavy atom. The fourth-order valence-electron chi connectivity index (χ4n) is 4.24. The van der Waals surface area contributed by atoms with Gasteiger partial charge in [-0.3, -0.25) is 14.2 Å². The molecule has 168 valence electrons. The van der Waals surface area contributed by atoms with E-state index < -0.39 is 17.6 Å². The summed E-state index contributed by atoms with van der Waals surface area (Å²) in [6.45, 7) is 3.51. The van der Waals surface area contributed by atoms with Crippen molar-refractivity contribution >= 4 is 22.9 Å². The molecule has 9 heteroatoms. The highest BCUT2D eigenvalue weighted by Gasteiger charge is 2.31. The number of alkyl halides is 3. The lowest BCUT2D eigenvalue weighted by Gasteiger charge is -2.20. The molecule has 0 aliphatic carbocycles. The van der Waals surface area contributed by atoms with E-state index in [1.54, 1.807) is 24.5 Å². The maximum atomic E-state index is 13.0. The maximum Gasteiger partial charge on any atom is 0.416 e. The van der Waals surface area contributed by atoms with Gasteiger partial charge in [-0.1, -0.05) is 19.1 Å². The average Bonchev–Trinajstić information content (AvgIpc) is 3.34. The first kappa shape index (κ1) is 21.0. The van der Waals surface area contributed by atoms with Crippen molar-refractivity contribution in [3.8, 4) is 0 Å². The zero-order valence-corrected chi connectivity index (χ0v) is 17.7. The van der Waals surface area contributed by atoms with Crippen molar-refractivity contribution < 1.29 is 18.0 Å². The second kappa shape index (κ2) is 7.91. The van der Waals surface area contributed by atoms with E-state index in [0.717, 1.165) is 41.3 Å². The highest BCUT2D eigenvalue weighted by atomic mass is 19.4. The highest BCUT2D eigenvalue weighted by Crippen LogP contribution is 2.38. The minimum Gasteiger partial charge on any atom is -0.365 e. The molecule has 0 saturated carbocycles. The van der Waals surface area contributed by atoms with Gasteiger partial charge in [-0.25, -0.2) is 4.98 Å². The van der Waals surface area contributed by atoms with Gasteiger partial charge in [0, 0.05) is 41.8 Å². The third-order valence-electron chi connectivity index (χ3n) is 5.85. The lowest BCUT2D eigenvalue weighted by molar-refractivity contribution is -0.137. The first-order valence-corrected chi connectivity index (χ1v) is 10.4. The molecule has 4 aromatic rings. The average molecular weight is 451 g/mol. The van der Waals surface area contributed by atoms with E-state index in [2.05, 4.69) is 27.1 Å². The van der Waals surface area contributed by atoms with Crippen molar-refractivity contribution in [1.29, 1.82) is 0 Å². The Hall–Kier alpha value is -3.88. The molecular weight excluding hydrogens is 431 g/mol. The molecule has 3 heterocycles. The molecule has 2 aromatic carbocycles. The summed E-state index contributed by atoms with van der Waals surface area (Å²) in [5, 5.41) is 2.58. The van der Waals surface area contributed by atoms with Crippen molar-refractivity contribution in [2.75, 3.05) is 16.8 Å². The van der Waals surface area contributed by atoms with E-state index in [-0.39, 0.29) is 11.6 Å². The van der Waals surface area contributed by atoms with Crippen LogP contribution in [0.1, 0.15) is 40.0 Å². The van der Waals surface area contributed by atoms with Crippen LogP contribution in [0.4, 0.5) is 24.5 Å². The summed E-state index contributed by atoms with van der Waals surface area (Å²) in [5.41, 5.74) is 3.48. The number of benzene rings is 2. The molecule has 33 heavy (non-hydrogen) atoms. The zero-order chi connectivity index (χ0) is 23.2. The fraction of sp³-hybridized carbons (Fsp3) is 0.208. The quantitative estimate of drug-likeness (QED) is 0.468. The largest absolute Gasteiger partial charge is 0.416 e. The van der Waals surface area contributed by atoms with Crippen LogP contribution in [-0.4, -0.2) is 26.8 Å². The van der Waals surface area contributed by atoms with Crippen molar-refractivity contribution in [3.63, 3.8) is 0 Å². The predicted molar refractivity (Wildman–Crippen MR) is 118 cm³/mol. The smallest absolute Gasteiger partial charge is 0.365 e. The monoisotopic (exact) mass is 451 g/mol. The number of fused-ring (bicyclic) bond motifs is 2. The van der Waals surface area contributed by atoms with E-state index in [9.17, 15) is 18.0 Å². The second-order valence-corrected chi connectivity index (χ2v) is 8.14. The van der Waals surface area contributed by atoms with Gasteiger partial charge in [0.1, 0.15) is 0 Å². The lowest BCUT2D eigenvalue weighted by atomic mass is 10.0. The molecule has 1 aliphatic heterocycles. The second-order valence-electron chi connectivity index (χ2n) is 8.14. The normalized spacial score (nSPS) is 15.6. The number of carbonyl (C=O) groups is 1.